The Bertz CT molecular complexity index is 423. The van der Waals surface area contributed by atoms with Gasteiger partial charge in [-0.3, -0.25) is 0 Å². The van der Waals surface area contributed by atoms with Crippen LogP contribution in [0.3, 0.4) is 0 Å². The van der Waals surface area contributed by atoms with Gasteiger partial charge in [-0.2, -0.15) is 11.8 Å². The molecule has 0 aromatic carbocycles. The number of thioether (sulfide) groups is 2. The first-order valence-electron chi connectivity index (χ1n) is 6.43. The van der Waals surface area contributed by atoms with Gasteiger partial charge in [0.2, 0.25) is 0 Å². The molecule has 2 atom stereocenters. The van der Waals surface area contributed by atoms with Gasteiger partial charge in [-0.05, 0) is 20.3 Å². The molecule has 1 aliphatic rings. The molecule has 18 heavy (non-hydrogen) atoms. The van der Waals surface area contributed by atoms with Gasteiger partial charge in [0.15, 0.2) is 0 Å². The van der Waals surface area contributed by atoms with Crippen molar-refractivity contribution in [3.8, 4) is 0 Å². The molecule has 0 aliphatic carbocycles. The molecule has 0 radical (unpaired) electrons. The summed E-state index contributed by atoms with van der Waals surface area (Å²) in [6, 6.07) is 0. The number of anilines is 1. The molecule has 5 heteroatoms. The minimum absolute atomic E-state index is 0.445. The molecule has 0 bridgehead atoms. The largest absolute Gasteiger partial charge is 0.373 e. The summed E-state index contributed by atoms with van der Waals surface area (Å²) in [5, 5.41) is 4.27. The number of rotatable bonds is 3. The van der Waals surface area contributed by atoms with Crippen molar-refractivity contribution in [2.75, 3.05) is 23.9 Å². The summed E-state index contributed by atoms with van der Waals surface area (Å²) in [5.74, 6) is 4.44. The van der Waals surface area contributed by atoms with Crippen LogP contribution in [0.1, 0.15) is 35.7 Å². The van der Waals surface area contributed by atoms with E-state index in [-0.39, 0.29) is 0 Å². The number of nitrogens with one attached hydrogen (secondary N) is 1. The third-order valence-corrected chi connectivity index (χ3v) is 6.59. The van der Waals surface area contributed by atoms with Gasteiger partial charge in [0.1, 0.15) is 11.6 Å². The molecule has 2 unspecified atom stereocenters. The van der Waals surface area contributed by atoms with E-state index in [9.17, 15) is 0 Å². The zero-order valence-corrected chi connectivity index (χ0v) is 13.1. The lowest BCUT2D eigenvalue weighted by Crippen LogP contribution is -2.21. The van der Waals surface area contributed by atoms with Gasteiger partial charge in [-0.15, -0.1) is 11.8 Å². The fourth-order valence-electron chi connectivity index (χ4n) is 2.16. The maximum Gasteiger partial charge on any atom is 0.145 e. The maximum absolute atomic E-state index is 4.72. The van der Waals surface area contributed by atoms with Crippen LogP contribution in [0.15, 0.2) is 0 Å². The molecule has 1 fully saturated rings. The molecule has 0 spiro atoms. The quantitative estimate of drug-likeness (QED) is 0.920. The Morgan fingerprint density at radius 3 is 2.61 bits per heavy atom. The normalized spacial score (nSPS) is 24.0. The Hall–Kier alpha value is -0.420. The molecule has 2 heterocycles. The van der Waals surface area contributed by atoms with Crippen molar-refractivity contribution in [2.24, 2.45) is 0 Å². The molecule has 3 nitrogen and oxygen atoms in total. The lowest BCUT2D eigenvalue weighted by atomic mass is 10.2. The van der Waals surface area contributed by atoms with Gasteiger partial charge in [0.25, 0.3) is 0 Å². The van der Waals surface area contributed by atoms with Crippen molar-refractivity contribution < 1.29 is 0 Å². The molecular formula is C13H21N3S2. The monoisotopic (exact) mass is 283 g/mol. The SMILES string of the molecule is CCC1SCCSC1c1nc(C)c(C)c(NC)n1. The second kappa shape index (κ2) is 6.15. The summed E-state index contributed by atoms with van der Waals surface area (Å²) >= 11 is 4.08. The Balaban J connectivity index is 2.34. The molecular weight excluding hydrogens is 262 g/mol. The number of nitrogens with zero attached hydrogens (tertiary/aromatic N) is 2. The Kier molecular flexibility index (Phi) is 4.78. The topological polar surface area (TPSA) is 37.8 Å². The van der Waals surface area contributed by atoms with E-state index in [1.807, 2.05) is 18.8 Å². The lowest BCUT2D eigenvalue weighted by molar-refractivity contribution is 0.744. The van der Waals surface area contributed by atoms with Crippen molar-refractivity contribution in [1.29, 1.82) is 0 Å². The van der Waals surface area contributed by atoms with E-state index in [0.29, 0.717) is 10.5 Å². The molecule has 1 saturated heterocycles. The highest BCUT2D eigenvalue weighted by molar-refractivity contribution is 8.06. The molecule has 100 valence electrons. The first kappa shape index (κ1) is 14.0. The second-order valence-corrected chi connectivity index (χ2v) is 7.10. The molecule has 1 aliphatic heterocycles. The fraction of sp³-hybridized carbons (Fsp3) is 0.692. The summed E-state index contributed by atoms with van der Waals surface area (Å²) in [6.45, 7) is 6.41. The summed E-state index contributed by atoms with van der Waals surface area (Å²) in [4.78, 5) is 9.43. The van der Waals surface area contributed by atoms with E-state index in [2.05, 4.69) is 37.8 Å². The lowest BCUT2D eigenvalue weighted by Gasteiger charge is -2.29. The van der Waals surface area contributed by atoms with Crippen molar-refractivity contribution in [3.63, 3.8) is 0 Å². The molecule has 2 rings (SSSR count). The van der Waals surface area contributed by atoms with Crippen LogP contribution in [-0.2, 0) is 0 Å². The summed E-state index contributed by atoms with van der Waals surface area (Å²) in [5.41, 5.74) is 2.25. The van der Waals surface area contributed by atoms with Crippen LogP contribution in [0.4, 0.5) is 5.82 Å². The van der Waals surface area contributed by atoms with Gasteiger partial charge in [-0.25, -0.2) is 9.97 Å². The third kappa shape index (κ3) is 2.77. The van der Waals surface area contributed by atoms with Crippen molar-refractivity contribution in [1.82, 2.24) is 9.97 Å². The van der Waals surface area contributed by atoms with E-state index >= 15 is 0 Å². The average molecular weight is 283 g/mol. The zero-order chi connectivity index (χ0) is 13.1. The van der Waals surface area contributed by atoms with Crippen LogP contribution < -0.4 is 5.32 Å². The Labute approximate surface area is 118 Å². The van der Waals surface area contributed by atoms with Gasteiger partial charge in [0.05, 0.1) is 5.25 Å². The van der Waals surface area contributed by atoms with Crippen LogP contribution in [-0.4, -0.2) is 33.8 Å². The van der Waals surface area contributed by atoms with E-state index < -0.39 is 0 Å². The van der Waals surface area contributed by atoms with Crippen molar-refractivity contribution >= 4 is 29.3 Å². The zero-order valence-electron chi connectivity index (χ0n) is 11.5. The van der Waals surface area contributed by atoms with Gasteiger partial charge >= 0.3 is 0 Å². The van der Waals surface area contributed by atoms with E-state index in [0.717, 1.165) is 22.9 Å². The Morgan fingerprint density at radius 1 is 1.22 bits per heavy atom. The third-order valence-electron chi connectivity index (χ3n) is 3.35. The first-order valence-corrected chi connectivity index (χ1v) is 8.53. The summed E-state index contributed by atoms with van der Waals surface area (Å²) in [6.07, 6.45) is 1.19. The van der Waals surface area contributed by atoms with Crippen LogP contribution in [0.2, 0.25) is 0 Å². The van der Waals surface area contributed by atoms with E-state index in [1.54, 1.807) is 0 Å². The van der Waals surface area contributed by atoms with Gasteiger partial charge in [0, 0.05) is 35.1 Å². The maximum atomic E-state index is 4.72. The van der Waals surface area contributed by atoms with Crippen molar-refractivity contribution in [2.45, 2.75) is 37.7 Å². The van der Waals surface area contributed by atoms with Crippen LogP contribution in [0, 0.1) is 13.8 Å². The molecule has 0 saturated carbocycles. The standard InChI is InChI=1S/C13H21N3S2/c1-5-10-11(18-7-6-17-10)13-15-9(3)8(2)12(14-4)16-13/h10-11H,5-7H2,1-4H3,(H,14,15,16). The minimum Gasteiger partial charge on any atom is -0.373 e. The van der Waals surface area contributed by atoms with Crippen LogP contribution in [0.25, 0.3) is 0 Å². The summed E-state index contributed by atoms with van der Waals surface area (Å²) < 4.78 is 0. The molecule has 1 aromatic heterocycles. The van der Waals surface area contributed by atoms with Crippen LogP contribution >= 0.6 is 23.5 Å². The predicted molar refractivity (Wildman–Crippen MR) is 82.8 cm³/mol. The number of aryl methyl sites for hydroxylation is 1. The summed E-state index contributed by atoms with van der Waals surface area (Å²) in [7, 11) is 1.93. The first-order chi connectivity index (χ1) is 8.67. The molecule has 0 amide bonds. The molecule has 1 aromatic rings. The van der Waals surface area contributed by atoms with Gasteiger partial charge in [-0.1, -0.05) is 6.92 Å². The number of hydrogen-bond donors (Lipinski definition) is 1. The number of hydrogen-bond acceptors (Lipinski definition) is 5. The van der Waals surface area contributed by atoms with E-state index in [4.69, 9.17) is 9.97 Å². The molecule has 1 N–H and O–H groups in total. The highest BCUT2D eigenvalue weighted by atomic mass is 32.2. The smallest absolute Gasteiger partial charge is 0.145 e. The second-order valence-electron chi connectivity index (χ2n) is 4.50. The highest BCUT2D eigenvalue weighted by Gasteiger charge is 2.29. The van der Waals surface area contributed by atoms with Gasteiger partial charge < -0.3 is 5.32 Å². The number of aromatic nitrogens is 2. The fourth-order valence-corrected chi connectivity index (χ4v) is 5.15. The van der Waals surface area contributed by atoms with Crippen LogP contribution in [0.5, 0.6) is 0 Å². The Morgan fingerprint density at radius 2 is 1.94 bits per heavy atom. The highest BCUT2D eigenvalue weighted by Crippen LogP contribution is 2.43. The average Bonchev–Trinajstić information content (AvgIpc) is 2.41. The van der Waals surface area contributed by atoms with E-state index in [1.165, 1.54) is 17.9 Å². The predicted octanol–water partition coefficient (Wildman–Crippen LogP) is 3.43. The minimum atomic E-state index is 0.445. The van der Waals surface area contributed by atoms with Crippen molar-refractivity contribution in [3.05, 3.63) is 17.1 Å².